The van der Waals surface area contributed by atoms with Crippen LogP contribution in [0.3, 0.4) is 0 Å². The maximum atomic E-state index is 10.6. The predicted molar refractivity (Wildman–Crippen MR) is 75.3 cm³/mol. The third-order valence-electron chi connectivity index (χ3n) is 5.10. The van der Waals surface area contributed by atoms with E-state index in [-0.39, 0.29) is 18.8 Å². The highest BCUT2D eigenvalue weighted by Gasteiger charge is 2.48. The van der Waals surface area contributed by atoms with E-state index in [2.05, 4.69) is 0 Å². The largest absolute Gasteiger partial charge is 0.454 e. The van der Waals surface area contributed by atoms with Crippen molar-refractivity contribution in [1.82, 2.24) is 5.06 Å². The van der Waals surface area contributed by atoms with Gasteiger partial charge in [0.05, 0.1) is 31.4 Å². The summed E-state index contributed by atoms with van der Waals surface area (Å²) >= 11 is 0. The Labute approximate surface area is 127 Å². The molecule has 0 aromatic heterocycles. The molecule has 116 valence electrons. The van der Waals surface area contributed by atoms with Gasteiger partial charge in [-0.25, -0.2) is 0 Å². The van der Waals surface area contributed by atoms with Crippen LogP contribution in [-0.4, -0.2) is 46.9 Å². The van der Waals surface area contributed by atoms with Gasteiger partial charge in [-0.2, -0.15) is 5.06 Å². The molecule has 3 aliphatic heterocycles. The number of benzene rings is 1. The van der Waals surface area contributed by atoms with Crippen molar-refractivity contribution in [3.05, 3.63) is 34.9 Å². The molecular formula is C16H17NO5. The zero-order valence-electron chi connectivity index (χ0n) is 11.9. The average molecular weight is 303 g/mol. The van der Waals surface area contributed by atoms with Crippen molar-refractivity contribution < 1.29 is 24.5 Å². The van der Waals surface area contributed by atoms with E-state index in [0.29, 0.717) is 18.9 Å². The smallest absolute Gasteiger partial charge is 0.231 e. The van der Waals surface area contributed by atoms with Crippen LogP contribution in [0.25, 0.3) is 0 Å². The van der Waals surface area contributed by atoms with E-state index < -0.39 is 12.2 Å². The Kier molecular flexibility index (Phi) is 2.61. The quantitative estimate of drug-likeness (QED) is 0.687. The number of aliphatic hydroxyl groups excluding tert-OH is 2. The monoisotopic (exact) mass is 303 g/mol. The molecule has 0 bridgehead atoms. The zero-order chi connectivity index (χ0) is 14.8. The second-order valence-corrected chi connectivity index (χ2v) is 6.26. The number of hydrogen-bond donors (Lipinski definition) is 2. The molecule has 1 aromatic carbocycles. The predicted octanol–water partition coefficient (Wildman–Crippen LogP) is 0.680. The third kappa shape index (κ3) is 1.63. The first-order valence-corrected chi connectivity index (χ1v) is 7.61. The molecular weight excluding hydrogens is 286 g/mol. The minimum atomic E-state index is -0.850. The van der Waals surface area contributed by atoms with E-state index in [1.807, 2.05) is 17.2 Å². The minimum absolute atomic E-state index is 0.0139. The van der Waals surface area contributed by atoms with Crippen molar-refractivity contribution in [1.29, 1.82) is 0 Å². The molecule has 2 N–H and O–H groups in total. The fourth-order valence-corrected chi connectivity index (χ4v) is 4.12. The number of hydrogen-bond acceptors (Lipinski definition) is 6. The van der Waals surface area contributed by atoms with Gasteiger partial charge in [-0.1, -0.05) is 6.08 Å². The Bertz CT molecular complexity index is 673. The third-order valence-corrected chi connectivity index (χ3v) is 5.10. The van der Waals surface area contributed by atoms with Gasteiger partial charge < -0.3 is 19.7 Å². The molecule has 1 aromatic rings. The van der Waals surface area contributed by atoms with Crippen LogP contribution in [0.15, 0.2) is 23.8 Å². The van der Waals surface area contributed by atoms with Gasteiger partial charge in [0.1, 0.15) is 0 Å². The fraction of sp³-hybridized carbons (Fsp3) is 0.500. The topological polar surface area (TPSA) is 71.4 Å². The Balaban J connectivity index is 1.69. The standard InChI is InChI=1S/C16H17NO5/c18-11-3-8-1-2-22-17-6-9-4-12-13(21-7-20-12)5-10(9)14(15(8)17)16(11)19/h3-5,11,14-16,18-19H,1-2,6-7H2/t11-,14+,15-,16-/m1/s1. The summed E-state index contributed by atoms with van der Waals surface area (Å²) in [7, 11) is 0. The molecule has 0 saturated carbocycles. The Hall–Kier alpha value is -1.60. The lowest BCUT2D eigenvalue weighted by molar-refractivity contribution is -0.221. The average Bonchev–Trinajstić information content (AvgIpc) is 2.96. The van der Waals surface area contributed by atoms with Gasteiger partial charge in [0.2, 0.25) is 6.79 Å². The maximum Gasteiger partial charge on any atom is 0.231 e. The number of hydroxylamine groups is 2. The Morgan fingerprint density at radius 3 is 2.82 bits per heavy atom. The van der Waals surface area contributed by atoms with Crippen molar-refractivity contribution >= 4 is 0 Å². The first kappa shape index (κ1) is 12.9. The van der Waals surface area contributed by atoms with Gasteiger partial charge >= 0.3 is 0 Å². The van der Waals surface area contributed by atoms with Gasteiger partial charge in [0.15, 0.2) is 11.5 Å². The van der Waals surface area contributed by atoms with Crippen molar-refractivity contribution in [3.63, 3.8) is 0 Å². The molecule has 6 nitrogen and oxygen atoms in total. The minimum Gasteiger partial charge on any atom is -0.454 e. The van der Waals surface area contributed by atoms with Gasteiger partial charge in [-0.15, -0.1) is 0 Å². The van der Waals surface area contributed by atoms with E-state index in [0.717, 1.165) is 28.9 Å². The van der Waals surface area contributed by atoms with Gasteiger partial charge in [-0.3, -0.25) is 4.84 Å². The Morgan fingerprint density at radius 1 is 1.14 bits per heavy atom. The van der Waals surface area contributed by atoms with Gasteiger partial charge in [-0.05, 0) is 35.3 Å². The van der Waals surface area contributed by atoms with Crippen LogP contribution in [0, 0.1) is 0 Å². The van der Waals surface area contributed by atoms with Crippen LogP contribution in [0.4, 0.5) is 0 Å². The lowest BCUT2D eigenvalue weighted by atomic mass is 9.71. The molecule has 22 heavy (non-hydrogen) atoms. The molecule has 0 unspecified atom stereocenters. The zero-order valence-corrected chi connectivity index (χ0v) is 11.9. The molecule has 1 aliphatic carbocycles. The van der Waals surface area contributed by atoms with Crippen LogP contribution < -0.4 is 9.47 Å². The lowest BCUT2D eigenvalue weighted by Crippen LogP contribution is -2.55. The van der Waals surface area contributed by atoms with Crippen LogP contribution in [-0.2, 0) is 11.4 Å². The van der Waals surface area contributed by atoms with Crippen molar-refractivity contribution in [2.45, 2.75) is 37.1 Å². The fourth-order valence-electron chi connectivity index (χ4n) is 4.12. The molecule has 0 spiro atoms. The SMILES string of the molecule is O[C@H]1[C@H]2c3cc4c(cc3CN3OCCC(=C[C@H]1O)[C@H]23)OCO4. The second kappa shape index (κ2) is 4.45. The molecule has 3 heterocycles. The number of nitrogens with zero attached hydrogens (tertiary/aromatic N) is 1. The van der Waals surface area contributed by atoms with Gasteiger partial charge in [0, 0.05) is 5.92 Å². The van der Waals surface area contributed by atoms with E-state index in [1.54, 1.807) is 6.08 Å². The summed E-state index contributed by atoms with van der Waals surface area (Å²) in [6.07, 6.45) is 0.894. The molecule has 0 amide bonds. The summed E-state index contributed by atoms with van der Waals surface area (Å²) in [5.74, 6) is 1.23. The summed E-state index contributed by atoms with van der Waals surface area (Å²) in [6.45, 7) is 1.48. The number of aliphatic hydroxyl groups is 2. The lowest BCUT2D eigenvalue weighted by Gasteiger charge is -2.49. The van der Waals surface area contributed by atoms with Crippen molar-refractivity contribution in [3.8, 4) is 11.5 Å². The first-order chi connectivity index (χ1) is 10.7. The molecule has 0 radical (unpaired) electrons. The summed E-state index contributed by atoms with van der Waals surface area (Å²) < 4.78 is 10.9. The molecule has 6 heteroatoms. The highest BCUT2D eigenvalue weighted by molar-refractivity contribution is 5.52. The molecule has 4 atom stereocenters. The highest BCUT2D eigenvalue weighted by atomic mass is 16.7. The van der Waals surface area contributed by atoms with Gasteiger partial charge in [0.25, 0.3) is 0 Å². The highest BCUT2D eigenvalue weighted by Crippen LogP contribution is 2.48. The number of ether oxygens (including phenoxy) is 2. The van der Waals surface area contributed by atoms with Crippen LogP contribution >= 0.6 is 0 Å². The van der Waals surface area contributed by atoms with E-state index in [1.165, 1.54) is 0 Å². The number of fused-ring (bicyclic) bond motifs is 3. The summed E-state index contributed by atoms with van der Waals surface area (Å²) in [6, 6.07) is 3.90. The maximum absolute atomic E-state index is 10.6. The van der Waals surface area contributed by atoms with Crippen LogP contribution in [0.5, 0.6) is 11.5 Å². The van der Waals surface area contributed by atoms with Crippen LogP contribution in [0.1, 0.15) is 23.5 Å². The van der Waals surface area contributed by atoms with Crippen LogP contribution in [0.2, 0.25) is 0 Å². The molecule has 1 fully saturated rings. The second-order valence-electron chi connectivity index (χ2n) is 6.26. The summed E-state index contributed by atoms with van der Waals surface area (Å²) in [5, 5.41) is 22.7. The van der Waals surface area contributed by atoms with E-state index in [9.17, 15) is 10.2 Å². The summed E-state index contributed by atoms with van der Waals surface area (Å²) in [5.41, 5.74) is 3.23. The molecule has 4 aliphatic rings. The van der Waals surface area contributed by atoms with Crippen molar-refractivity contribution in [2.75, 3.05) is 13.4 Å². The van der Waals surface area contributed by atoms with E-state index >= 15 is 0 Å². The summed E-state index contributed by atoms with van der Waals surface area (Å²) in [4.78, 5) is 5.81. The number of rotatable bonds is 0. The normalized spacial score (nSPS) is 35.6. The first-order valence-electron chi connectivity index (χ1n) is 7.61. The molecule has 1 saturated heterocycles. The van der Waals surface area contributed by atoms with E-state index in [4.69, 9.17) is 14.3 Å². The molecule has 5 rings (SSSR count). The Morgan fingerprint density at radius 2 is 1.95 bits per heavy atom. The van der Waals surface area contributed by atoms with Crippen molar-refractivity contribution in [2.24, 2.45) is 0 Å².